The first-order valence-electron chi connectivity index (χ1n) is 26.9. The first kappa shape index (κ1) is 54.1. The van der Waals surface area contributed by atoms with Gasteiger partial charge >= 0.3 is 22.6 Å². The van der Waals surface area contributed by atoms with Crippen molar-refractivity contribution in [2.75, 3.05) is 0 Å². The van der Waals surface area contributed by atoms with Gasteiger partial charge < -0.3 is 19.9 Å². The smallest absolute Gasteiger partial charge is 0.354 e. The fourth-order valence-corrected chi connectivity index (χ4v) is 11.7. The van der Waals surface area contributed by atoms with Crippen LogP contribution in [0.5, 0.6) is 0 Å². The lowest BCUT2D eigenvalue weighted by Gasteiger charge is -2.22. The zero-order valence-electron chi connectivity index (χ0n) is 44.4. The van der Waals surface area contributed by atoms with E-state index in [1.165, 1.54) is 48.6 Å². The summed E-state index contributed by atoms with van der Waals surface area (Å²) in [4.78, 5) is 33.6. The molecule has 0 unspecified atom stereocenters. The molecule has 4 aliphatic heterocycles. The van der Waals surface area contributed by atoms with E-state index in [0.717, 1.165) is 0 Å². The second kappa shape index (κ2) is 20.4. The molecule has 16 bridgehead atoms. The molecule has 14 rings (SSSR count). The average molecular weight is 1190 g/mol. The van der Waals surface area contributed by atoms with Crippen molar-refractivity contribution < 1.29 is 35.1 Å². The normalized spacial score (nSPS) is 13.3. The summed E-state index contributed by atoms with van der Waals surface area (Å²) >= 11 is 10.6. The molecule has 0 amide bonds. The summed E-state index contributed by atoms with van der Waals surface area (Å²) in [6.07, 6.45) is 12.7. The molecule has 0 saturated carbocycles. The Balaban J connectivity index is 1.18. The molecule has 10 heterocycles. The Labute approximate surface area is 493 Å². The predicted octanol–water partition coefficient (Wildman–Crippen LogP) is 19.8. The quantitative estimate of drug-likeness (QED) is 0.0851. The third-order valence-corrected chi connectivity index (χ3v) is 15.8. The standard InChI is InChI=1S/C68H40Cl2F8N8/c69-67(75,76)65(71,72)63-53-33-29-45(83-53)57(37-13-5-1-6-14-37)41-21-25-49(79-41)61(50-26-22-42(80-50)58(38-15-7-2-8-16-38)46-30-34-54(63)84-46)62-51-27-23-43(81-51)59(39-17-9-3-10-18-39)47-31-35-55(85-47)64(66(73,74)68(70,77)78)56-36-32-48(86-56)60(40-19-11-4-12-20-40)44-24-28-52(62)82-44/h1-36,79,81,84,86H. The number of halogens is 10. The Hall–Kier alpha value is -9.90. The predicted molar refractivity (Wildman–Crippen MR) is 328 cm³/mol. The maximum absolute atomic E-state index is 16.5. The summed E-state index contributed by atoms with van der Waals surface area (Å²) in [6, 6.07) is 49.0. The third-order valence-electron chi connectivity index (χ3n) is 15.3. The van der Waals surface area contributed by atoms with Crippen LogP contribution < -0.4 is 0 Å². The lowest BCUT2D eigenvalue weighted by atomic mass is 10.0. The molecule has 4 aliphatic rings. The van der Waals surface area contributed by atoms with Crippen molar-refractivity contribution in [3.63, 3.8) is 0 Å². The van der Waals surface area contributed by atoms with Crippen LogP contribution in [-0.2, 0) is 11.8 Å². The number of hydrogen-bond donors (Lipinski definition) is 4. The lowest BCUT2D eigenvalue weighted by Crippen LogP contribution is -2.33. The molecular weight excluding hydrogens is 1150 g/mol. The number of H-pyrrole nitrogens is 4. The van der Waals surface area contributed by atoms with Gasteiger partial charge in [-0.1, -0.05) is 121 Å². The molecule has 0 fully saturated rings. The number of nitrogens with zero attached hydrogens (tertiary/aromatic N) is 4. The molecule has 0 saturated heterocycles. The fraction of sp³-hybridized carbons (Fsp3) is 0.0588. The number of alkyl halides is 10. The first-order chi connectivity index (χ1) is 41.4. The minimum Gasteiger partial charge on any atom is -0.354 e. The van der Waals surface area contributed by atoms with E-state index in [9.17, 15) is 0 Å². The molecule has 0 atom stereocenters. The Morgan fingerprint density at radius 3 is 0.698 bits per heavy atom. The molecule has 422 valence electrons. The molecule has 86 heavy (non-hydrogen) atoms. The molecule has 18 heteroatoms. The van der Waals surface area contributed by atoms with E-state index in [2.05, 4.69) is 19.9 Å². The Bertz CT molecular complexity index is 4520. The molecular formula is C68H40Cl2F8N8. The number of nitrogens with one attached hydrogen (secondary N) is 4. The zero-order valence-corrected chi connectivity index (χ0v) is 45.9. The lowest BCUT2D eigenvalue weighted by molar-refractivity contribution is -0.163. The van der Waals surface area contributed by atoms with Gasteiger partial charge in [0.1, 0.15) is 0 Å². The van der Waals surface area contributed by atoms with Crippen LogP contribution in [-0.4, -0.2) is 50.6 Å². The highest BCUT2D eigenvalue weighted by atomic mass is 35.5. The monoisotopic (exact) mass is 1190 g/mol. The molecule has 0 radical (unpaired) electrons. The van der Waals surface area contributed by atoms with Crippen LogP contribution in [0.15, 0.2) is 170 Å². The van der Waals surface area contributed by atoms with Gasteiger partial charge in [-0.2, -0.15) is 35.1 Å². The molecule has 8 nitrogen and oxygen atoms in total. The van der Waals surface area contributed by atoms with Crippen molar-refractivity contribution in [3.05, 3.63) is 227 Å². The average Bonchev–Trinajstić information content (AvgIpc) is 1.81. The molecule has 0 aliphatic carbocycles. The number of fused-ring (bicyclic) bond motifs is 16. The maximum Gasteiger partial charge on any atom is 0.388 e. The largest absolute Gasteiger partial charge is 0.388 e. The zero-order chi connectivity index (χ0) is 59.3. The second-order valence-corrected chi connectivity index (χ2v) is 21.6. The van der Waals surface area contributed by atoms with Gasteiger partial charge in [0.25, 0.3) is 0 Å². The summed E-state index contributed by atoms with van der Waals surface area (Å²) in [5, 5.41) is -10.1. The van der Waals surface area contributed by atoms with Crippen LogP contribution >= 0.6 is 23.2 Å². The Morgan fingerprint density at radius 2 is 0.442 bits per heavy atom. The first-order valence-corrected chi connectivity index (χ1v) is 27.6. The van der Waals surface area contributed by atoms with Gasteiger partial charge in [0, 0.05) is 66.5 Å². The van der Waals surface area contributed by atoms with Gasteiger partial charge in [-0.3, -0.25) is 0 Å². The number of aromatic amines is 4. The van der Waals surface area contributed by atoms with E-state index in [1.54, 1.807) is 72.8 Å². The highest BCUT2D eigenvalue weighted by Gasteiger charge is 2.59. The van der Waals surface area contributed by atoms with Gasteiger partial charge in [-0.15, -0.1) is 0 Å². The van der Waals surface area contributed by atoms with E-state index in [0.29, 0.717) is 100 Å². The number of hydrogen-bond acceptors (Lipinski definition) is 4. The minimum absolute atomic E-state index is 0.166. The highest BCUT2D eigenvalue weighted by molar-refractivity contribution is 6.23. The van der Waals surface area contributed by atoms with Crippen LogP contribution in [0.25, 0.3) is 148 Å². The Morgan fingerprint density at radius 1 is 0.244 bits per heavy atom. The minimum atomic E-state index is -5.04. The summed E-state index contributed by atoms with van der Waals surface area (Å²) in [5.74, 6) is -9.89. The number of aromatic nitrogens is 8. The van der Waals surface area contributed by atoms with Crippen LogP contribution in [0, 0.1) is 0 Å². The van der Waals surface area contributed by atoms with Crippen LogP contribution in [0.2, 0.25) is 0 Å². The second-order valence-electron chi connectivity index (χ2n) is 20.6. The van der Waals surface area contributed by atoms with Crippen LogP contribution in [0.1, 0.15) is 56.7 Å². The highest BCUT2D eigenvalue weighted by Crippen LogP contribution is 2.51. The van der Waals surface area contributed by atoms with Gasteiger partial charge in [0.05, 0.1) is 67.7 Å². The van der Waals surface area contributed by atoms with E-state index in [-0.39, 0.29) is 33.5 Å². The SMILES string of the molecule is FC(F)(Cl)C(F)(F)c1c2nc(c(-c3ccccc3)c3ccc([nH]3)c(-c3c4nc(c(-c5ccccc5)c5ccc([nH]5)c(C(F)(F)C(F)(F)Cl)c5nc(c(-c6ccccc6)c6ccc3[nH]6)C=C5)C=C4)c3nc(c(-c4ccccc4)c4ccc1[nH]4)C=C3)C=C2. The van der Waals surface area contributed by atoms with Crippen molar-refractivity contribution in [1.29, 1.82) is 0 Å². The molecule has 6 aromatic heterocycles. The van der Waals surface area contributed by atoms with Crippen molar-refractivity contribution in [1.82, 2.24) is 39.9 Å². The fourth-order valence-electron chi connectivity index (χ4n) is 11.5. The van der Waals surface area contributed by atoms with Crippen molar-refractivity contribution in [3.8, 4) is 55.6 Å². The molecule has 10 aromatic rings. The molecule has 4 N–H and O–H groups in total. The van der Waals surface area contributed by atoms with Gasteiger partial charge in [0.2, 0.25) is 0 Å². The summed E-state index contributed by atoms with van der Waals surface area (Å²) < 4.78 is 126. The van der Waals surface area contributed by atoms with E-state index in [1.807, 2.05) is 97.1 Å². The number of benzene rings is 4. The van der Waals surface area contributed by atoms with E-state index in [4.69, 9.17) is 43.1 Å². The van der Waals surface area contributed by atoms with Crippen molar-refractivity contribution in [2.24, 2.45) is 0 Å². The number of rotatable bonds is 9. The maximum atomic E-state index is 16.5. The van der Waals surface area contributed by atoms with Crippen molar-refractivity contribution in [2.45, 2.75) is 22.6 Å². The van der Waals surface area contributed by atoms with Gasteiger partial charge in [-0.05, 0) is 143 Å². The summed E-state index contributed by atoms with van der Waals surface area (Å²) in [5.41, 5.74) is 5.51. The third kappa shape index (κ3) is 9.14. The van der Waals surface area contributed by atoms with Crippen LogP contribution in [0.4, 0.5) is 35.1 Å². The van der Waals surface area contributed by atoms with Gasteiger partial charge in [-0.25, -0.2) is 19.9 Å². The molecule has 4 aromatic carbocycles. The van der Waals surface area contributed by atoms with E-state index < -0.39 is 45.1 Å². The summed E-state index contributed by atoms with van der Waals surface area (Å²) in [7, 11) is 0. The Kier molecular flexibility index (Phi) is 12.8. The van der Waals surface area contributed by atoms with Crippen LogP contribution in [0.3, 0.4) is 0 Å². The van der Waals surface area contributed by atoms with E-state index >= 15 is 35.1 Å². The topological polar surface area (TPSA) is 115 Å². The van der Waals surface area contributed by atoms with Crippen molar-refractivity contribution >= 4 is 116 Å². The molecule has 0 spiro atoms. The summed E-state index contributed by atoms with van der Waals surface area (Å²) in [6.45, 7) is 0. The van der Waals surface area contributed by atoms with Gasteiger partial charge in [0.15, 0.2) is 0 Å².